The zero-order valence-electron chi connectivity index (χ0n) is 22.2. The van der Waals surface area contributed by atoms with Gasteiger partial charge in [0.05, 0.1) is 36.0 Å². The quantitative estimate of drug-likeness (QED) is 0.295. The standard InChI is InChI=1S/C31H30N2O8/c34-17-18-4-6-19(7-5-18)27-14-24(16-33-11-10-23(35)15-33)39-31(40-27)21-2-1-3-22(12-21)32-28(36)20-8-9-25-26(13-20)30(38)41-29(25)37/h1-9,12-13,23-24,27,31,34-35H,10-11,14-17H2,(H,32,36). The minimum atomic E-state index is -0.771. The molecule has 1 amide bonds. The normalized spacial score (nSPS) is 24.2. The lowest BCUT2D eigenvalue weighted by atomic mass is 9.99. The van der Waals surface area contributed by atoms with Gasteiger partial charge in [0.25, 0.3) is 5.91 Å². The second-order valence-electron chi connectivity index (χ2n) is 10.6. The number of nitrogens with one attached hydrogen (secondary N) is 1. The lowest BCUT2D eigenvalue weighted by Crippen LogP contribution is -2.38. The molecular formula is C31H30N2O8. The number of likely N-dealkylation sites (tertiary alicyclic amines) is 1. The van der Waals surface area contributed by atoms with Gasteiger partial charge in [-0.2, -0.15) is 0 Å². The third-order valence-electron chi connectivity index (χ3n) is 7.65. The summed E-state index contributed by atoms with van der Waals surface area (Å²) in [6.07, 6.45) is -0.0884. The van der Waals surface area contributed by atoms with Crippen molar-refractivity contribution < 1.29 is 38.8 Å². The first kappa shape index (κ1) is 27.3. The number of hydrogen-bond donors (Lipinski definition) is 3. The van der Waals surface area contributed by atoms with Crippen molar-refractivity contribution in [2.24, 2.45) is 0 Å². The van der Waals surface area contributed by atoms with Gasteiger partial charge in [-0.05, 0) is 47.9 Å². The van der Waals surface area contributed by atoms with Crippen LogP contribution >= 0.6 is 0 Å². The number of β-amino-alcohol motifs (C(OH)–C–C–N with tert-alkyl or cyclic N) is 1. The second kappa shape index (κ2) is 11.5. The fraction of sp³-hybridized carbons (Fsp3) is 0.323. The minimum Gasteiger partial charge on any atom is -0.392 e. The van der Waals surface area contributed by atoms with Crippen LogP contribution in [0.1, 0.15) is 73.0 Å². The first-order chi connectivity index (χ1) is 19.9. The van der Waals surface area contributed by atoms with Crippen molar-refractivity contribution in [2.75, 3.05) is 25.0 Å². The van der Waals surface area contributed by atoms with E-state index in [-0.39, 0.29) is 41.6 Å². The maximum absolute atomic E-state index is 13.0. The van der Waals surface area contributed by atoms with Crippen molar-refractivity contribution in [3.63, 3.8) is 0 Å². The van der Waals surface area contributed by atoms with Crippen LogP contribution in [0.2, 0.25) is 0 Å². The molecule has 10 nitrogen and oxygen atoms in total. The van der Waals surface area contributed by atoms with Crippen LogP contribution in [0.25, 0.3) is 0 Å². The molecule has 4 atom stereocenters. The molecule has 0 bridgehead atoms. The smallest absolute Gasteiger partial charge is 0.346 e. The van der Waals surface area contributed by atoms with Crippen LogP contribution in [0, 0.1) is 0 Å². The number of rotatable bonds is 7. The summed E-state index contributed by atoms with van der Waals surface area (Å²) >= 11 is 0. The van der Waals surface area contributed by atoms with Gasteiger partial charge in [0.1, 0.15) is 0 Å². The largest absolute Gasteiger partial charge is 0.392 e. The summed E-state index contributed by atoms with van der Waals surface area (Å²) in [5, 5.41) is 22.3. The topological polar surface area (TPSA) is 135 Å². The van der Waals surface area contributed by atoms with E-state index in [0.29, 0.717) is 30.8 Å². The Morgan fingerprint density at radius 3 is 2.51 bits per heavy atom. The van der Waals surface area contributed by atoms with Crippen LogP contribution in [0.3, 0.4) is 0 Å². The van der Waals surface area contributed by atoms with E-state index in [4.69, 9.17) is 9.47 Å². The molecule has 3 aromatic carbocycles. The van der Waals surface area contributed by atoms with E-state index >= 15 is 0 Å². The number of anilines is 1. The molecule has 10 heteroatoms. The van der Waals surface area contributed by atoms with E-state index in [1.165, 1.54) is 18.2 Å². The summed E-state index contributed by atoms with van der Waals surface area (Å²) in [6.45, 7) is 2.03. The molecule has 2 fully saturated rings. The number of fused-ring (bicyclic) bond motifs is 1. The number of hydrogen-bond acceptors (Lipinski definition) is 9. The Hall–Kier alpha value is -3.93. The number of aliphatic hydroxyl groups is 2. The van der Waals surface area contributed by atoms with E-state index in [9.17, 15) is 24.6 Å². The summed E-state index contributed by atoms with van der Waals surface area (Å²) in [7, 11) is 0. The Balaban J connectivity index is 1.21. The summed E-state index contributed by atoms with van der Waals surface area (Å²) < 4.78 is 17.4. The van der Waals surface area contributed by atoms with Crippen LogP contribution in [0.4, 0.5) is 5.69 Å². The summed E-state index contributed by atoms with van der Waals surface area (Å²) in [5.74, 6) is -1.94. The Kier molecular flexibility index (Phi) is 7.65. The van der Waals surface area contributed by atoms with Gasteiger partial charge in [-0.3, -0.25) is 9.69 Å². The number of amides is 1. The lowest BCUT2D eigenvalue weighted by molar-refractivity contribution is -0.252. The van der Waals surface area contributed by atoms with E-state index in [0.717, 1.165) is 24.1 Å². The van der Waals surface area contributed by atoms with Crippen molar-refractivity contribution >= 4 is 23.5 Å². The van der Waals surface area contributed by atoms with Gasteiger partial charge in [-0.15, -0.1) is 0 Å². The van der Waals surface area contributed by atoms with Gasteiger partial charge >= 0.3 is 11.9 Å². The highest BCUT2D eigenvalue weighted by Crippen LogP contribution is 2.39. The third-order valence-corrected chi connectivity index (χ3v) is 7.65. The predicted molar refractivity (Wildman–Crippen MR) is 146 cm³/mol. The van der Waals surface area contributed by atoms with Crippen molar-refractivity contribution in [2.45, 2.75) is 44.1 Å². The van der Waals surface area contributed by atoms with E-state index < -0.39 is 24.1 Å². The number of carbonyl (C=O) groups excluding carboxylic acids is 3. The summed E-state index contributed by atoms with van der Waals surface area (Å²) in [6, 6.07) is 19.1. The fourth-order valence-electron chi connectivity index (χ4n) is 5.49. The zero-order chi connectivity index (χ0) is 28.5. The molecule has 3 aliphatic heterocycles. The Morgan fingerprint density at radius 2 is 1.76 bits per heavy atom. The molecule has 0 spiro atoms. The average molecular weight is 559 g/mol. The molecule has 41 heavy (non-hydrogen) atoms. The number of esters is 2. The molecule has 3 N–H and O–H groups in total. The van der Waals surface area contributed by atoms with Crippen LogP contribution < -0.4 is 5.32 Å². The monoisotopic (exact) mass is 558 g/mol. The zero-order valence-corrected chi connectivity index (χ0v) is 22.2. The van der Waals surface area contributed by atoms with Gasteiger partial charge in [0, 0.05) is 42.9 Å². The molecule has 0 radical (unpaired) electrons. The van der Waals surface area contributed by atoms with E-state index in [1.807, 2.05) is 30.3 Å². The van der Waals surface area contributed by atoms with E-state index in [2.05, 4.69) is 15.0 Å². The predicted octanol–water partition coefficient (Wildman–Crippen LogP) is 3.35. The van der Waals surface area contributed by atoms with Crippen molar-refractivity contribution in [1.82, 2.24) is 4.90 Å². The molecule has 3 heterocycles. The first-order valence-corrected chi connectivity index (χ1v) is 13.6. The number of ether oxygens (including phenoxy) is 3. The maximum Gasteiger partial charge on any atom is 0.346 e. The number of cyclic esters (lactones) is 2. The van der Waals surface area contributed by atoms with Crippen LogP contribution in [0.5, 0.6) is 0 Å². The number of aliphatic hydroxyl groups excluding tert-OH is 2. The van der Waals surface area contributed by atoms with Crippen molar-refractivity contribution in [1.29, 1.82) is 0 Å². The minimum absolute atomic E-state index is 0.0381. The highest BCUT2D eigenvalue weighted by molar-refractivity contribution is 6.16. The Bertz CT molecular complexity index is 1470. The van der Waals surface area contributed by atoms with Crippen molar-refractivity contribution in [3.8, 4) is 0 Å². The van der Waals surface area contributed by atoms with Crippen molar-refractivity contribution in [3.05, 3.63) is 100 Å². The fourth-order valence-corrected chi connectivity index (χ4v) is 5.49. The van der Waals surface area contributed by atoms with Gasteiger partial charge in [0.2, 0.25) is 0 Å². The Morgan fingerprint density at radius 1 is 0.951 bits per heavy atom. The van der Waals surface area contributed by atoms with Crippen LogP contribution in [0.15, 0.2) is 66.7 Å². The first-order valence-electron chi connectivity index (χ1n) is 13.6. The second-order valence-corrected chi connectivity index (χ2v) is 10.6. The highest BCUT2D eigenvalue weighted by Gasteiger charge is 2.35. The molecule has 212 valence electrons. The molecular weight excluding hydrogens is 528 g/mol. The Labute approximate surface area is 236 Å². The SMILES string of the molecule is O=C(Nc1cccc(C2OC(CN3CCC(O)C3)CC(c3ccc(CO)cc3)O2)c1)c1ccc2c(c1)C(=O)OC2=O. The van der Waals surface area contributed by atoms with Gasteiger partial charge < -0.3 is 29.7 Å². The third kappa shape index (κ3) is 5.92. The van der Waals surface area contributed by atoms with Gasteiger partial charge in [-0.1, -0.05) is 36.4 Å². The average Bonchev–Trinajstić information content (AvgIpc) is 3.53. The summed E-state index contributed by atoms with van der Waals surface area (Å²) in [4.78, 5) is 38.8. The van der Waals surface area contributed by atoms with Crippen LogP contribution in [-0.4, -0.2) is 64.8 Å². The number of benzene rings is 3. The van der Waals surface area contributed by atoms with Crippen LogP contribution in [-0.2, 0) is 20.8 Å². The molecule has 2 saturated heterocycles. The van der Waals surface area contributed by atoms with Gasteiger partial charge in [0.15, 0.2) is 6.29 Å². The molecule has 0 aromatic heterocycles. The highest BCUT2D eigenvalue weighted by atomic mass is 16.7. The van der Waals surface area contributed by atoms with Gasteiger partial charge in [-0.25, -0.2) is 9.59 Å². The molecule has 0 saturated carbocycles. The maximum atomic E-state index is 13.0. The number of nitrogens with zero attached hydrogens (tertiary/aromatic N) is 1. The van der Waals surface area contributed by atoms with E-state index in [1.54, 1.807) is 18.2 Å². The molecule has 0 aliphatic carbocycles. The summed E-state index contributed by atoms with van der Waals surface area (Å²) in [5.41, 5.74) is 3.43. The molecule has 6 rings (SSSR count). The molecule has 3 aliphatic rings. The molecule has 4 unspecified atom stereocenters. The molecule has 3 aromatic rings. The lowest BCUT2D eigenvalue weighted by Gasteiger charge is -2.38. The number of carbonyl (C=O) groups is 3.